The average molecular weight is 282 g/mol. The number of hydrogen-bond acceptors (Lipinski definition) is 2. The van der Waals surface area contributed by atoms with Gasteiger partial charge in [0.15, 0.2) is 0 Å². The highest BCUT2D eigenvalue weighted by Crippen LogP contribution is 2.32. The number of nitrogens with one attached hydrogen (secondary N) is 1. The second kappa shape index (κ2) is 6.64. The summed E-state index contributed by atoms with van der Waals surface area (Å²) in [5.41, 5.74) is 4.55. The van der Waals surface area contributed by atoms with Gasteiger partial charge in [-0.3, -0.25) is 4.90 Å². The minimum atomic E-state index is -2.27. The van der Waals surface area contributed by atoms with Crippen LogP contribution in [0.5, 0.6) is 0 Å². The monoisotopic (exact) mass is 282 g/mol. The summed E-state index contributed by atoms with van der Waals surface area (Å²) in [6.45, 7) is 9.56. The highest BCUT2D eigenvalue weighted by molar-refractivity contribution is 5.39. The van der Waals surface area contributed by atoms with Crippen LogP contribution in [0.2, 0.25) is 0 Å². The highest BCUT2D eigenvalue weighted by atomic mass is 19.3. The van der Waals surface area contributed by atoms with E-state index >= 15 is 0 Å². The van der Waals surface area contributed by atoms with Gasteiger partial charge >= 0.3 is 0 Å². The molecule has 0 radical (unpaired) electrons. The van der Waals surface area contributed by atoms with Gasteiger partial charge in [-0.15, -0.1) is 0 Å². The molecule has 0 bridgehead atoms. The number of rotatable bonds is 4. The van der Waals surface area contributed by atoms with Crippen LogP contribution in [0.1, 0.15) is 34.7 Å². The molecule has 0 aliphatic carbocycles. The Kier molecular flexibility index (Phi) is 5.11. The summed E-state index contributed by atoms with van der Waals surface area (Å²) in [5.74, 6) is 0. The quantitative estimate of drug-likeness (QED) is 0.912. The van der Waals surface area contributed by atoms with Crippen LogP contribution in [0.4, 0.5) is 8.78 Å². The minimum Gasteiger partial charge on any atom is -0.314 e. The number of nitrogens with zero attached hydrogens (tertiary/aromatic N) is 1. The molecule has 1 heterocycles. The Morgan fingerprint density at radius 1 is 1.10 bits per heavy atom. The smallest absolute Gasteiger partial charge is 0.240 e. The predicted octanol–water partition coefficient (Wildman–Crippen LogP) is 3.21. The van der Waals surface area contributed by atoms with Crippen molar-refractivity contribution >= 4 is 0 Å². The number of aryl methyl sites for hydroxylation is 3. The summed E-state index contributed by atoms with van der Waals surface area (Å²) in [6.07, 6.45) is -2.35. The fourth-order valence-corrected chi connectivity index (χ4v) is 3.33. The van der Waals surface area contributed by atoms with Crippen molar-refractivity contribution in [2.45, 2.75) is 39.7 Å². The molecule has 1 aliphatic rings. The molecule has 2 rings (SSSR count). The zero-order valence-electron chi connectivity index (χ0n) is 12.5. The van der Waals surface area contributed by atoms with Crippen molar-refractivity contribution < 1.29 is 8.78 Å². The molecule has 0 aromatic heterocycles. The van der Waals surface area contributed by atoms with Gasteiger partial charge in [0.2, 0.25) is 6.43 Å². The van der Waals surface area contributed by atoms with Gasteiger partial charge < -0.3 is 5.32 Å². The first kappa shape index (κ1) is 15.4. The van der Waals surface area contributed by atoms with Crippen molar-refractivity contribution in [1.29, 1.82) is 0 Å². The van der Waals surface area contributed by atoms with Gasteiger partial charge in [-0.1, -0.05) is 17.7 Å². The van der Waals surface area contributed by atoms with E-state index in [0.717, 1.165) is 42.9 Å². The van der Waals surface area contributed by atoms with E-state index < -0.39 is 6.43 Å². The molecule has 4 heteroatoms. The molecule has 1 fully saturated rings. The zero-order chi connectivity index (χ0) is 14.7. The third kappa shape index (κ3) is 3.55. The lowest BCUT2D eigenvalue weighted by molar-refractivity contribution is 0.0734. The molecule has 1 aliphatic heterocycles. The van der Waals surface area contributed by atoms with Crippen molar-refractivity contribution in [3.8, 4) is 0 Å². The molecular formula is C16H24F2N2. The Labute approximate surface area is 120 Å². The molecule has 112 valence electrons. The maximum atomic E-state index is 13.0. The van der Waals surface area contributed by atoms with Crippen LogP contribution in [-0.4, -0.2) is 37.5 Å². The summed E-state index contributed by atoms with van der Waals surface area (Å²) < 4.78 is 26.1. The first-order chi connectivity index (χ1) is 9.49. The Bertz CT molecular complexity index is 431. The van der Waals surface area contributed by atoms with Crippen LogP contribution < -0.4 is 5.32 Å². The van der Waals surface area contributed by atoms with Crippen molar-refractivity contribution in [3.63, 3.8) is 0 Å². The number of hydrogen-bond donors (Lipinski definition) is 1. The predicted molar refractivity (Wildman–Crippen MR) is 78.5 cm³/mol. The highest BCUT2D eigenvalue weighted by Gasteiger charge is 2.27. The summed E-state index contributed by atoms with van der Waals surface area (Å²) >= 11 is 0. The minimum absolute atomic E-state index is 0.0786. The second-order valence-electron chi connectivity index (χ2n) is 5.74. The molecule has 0 saturated carbocycles. The van der Waals surface area contributed by atoms with Crippen molar-refractivity contribution in [2.24, 2.45) is 0 Å². The molecule has 1 aromatic rings. The third-order valence-corrected chi connectivity index (χ3v) is 4.07. The van der Waals surface area contributed by atoms with Gasteiger partial charge in [0, 0.05) is 38.6 Å². The van der Waals surface area contributed by atoms with Gasteiger partial charge in [-0.25, -0.2) is 8.78 Å². The van der Waals surface area contributed by atoms with E-state index in [-0.39, 0.29) is 12.5 Å². The SMILES string of the molecule is Cc1cc(C)c([C@@H](CC(F)F)N2CCNCC2)c(C)c1. The van der Waals surface area contributed by atoms with Crippen molar-refractivity contribution in [3.05, 3.63) is 34.4 Å². The van der Waals surface area contributed by atoms with Crippen molar-refractivity contribution in [1.82, 2.24) is 10.2 Å². The lowest BCUT2D eigenvalue weighted by Gasteiger charge is -2.36. The Morgan fingerprint density at radius 3 is 2.15 bits per heavy atom. The first-order valence-corrected chi connectivity index (χ1v) is 7.29. The average Bonchev–Trinajstić information content (AvgIpc) is 2.37. The summed E-state index contributed by atoms with van der Waals surface area (Å²) in [6, 6.07) is 4.03. The van der Waals surface area contributed by atoms with E-state index in [4.69, 9.17) is 0 Å². The van der Waals surface area contributed by atoms with Crippen LogP contribution in [-0.2, 0) is 0 Å². The fourth-order valence-electron chi connectivity index (χ4n) is 3.33. The number of alkyl halides is 2. The van der Waals surface area contributed by atoms with Gasteiger partial charge in [-0.05, 0) is 37.5 Å². The van der Waals surface area contributed by atoms with Gasteiger partial charge in [0.05, 0.1) is 0 Å². The molecule has 0 amide bonds. The molecule has 0 unspecified atom stereocenters. The van der Waals surface area contributed by atoms with E-state index in [9.17, 15) is 8.78 Å². The Balaban J connectivity index is 2.35. The van der Waals surface area contributed by atoms with Crippen LogP contribution in [0, 0.1) is 20.8 Å². The van der Waals surface area contributed by atoms with E-state index in [2.05, 4.69) is 29.3 Å². The molecule has 1 aromatic carbocycles. The summed E-state index contributed by atoms with van der Waals surface area (Å²) in [7, 11) is 0. The molecule has 1 saturated heterocycles. The number of piperazine rings is 1. The standard InChI is InChI=1S/C16H24F2N2/c1-11-8-12(2)16(13(3)9-11)14(10-15(17)18)20-6-4-19-5-7-20/h8-9,14-15,19H,4-7,10H2,1-3H3/t14-/m1/s1. The number of benzene rings is 1. The summed E-state index contributed by atoms with van der Waals surface area (Å²) in [4.78, 5) is 2.20. The van der Waals surface area contributed by atoms with Crippen LogP contribution in [0.3, 0.4) is 0 Å². The Hall–Kier alpha value is -1.00. The van der Waals surface area contributed by atoms with E-state index in [1.165, 1.54) is 5.56 Å². The summed E-state index contributed by atoms with van der Waals surface area (Å²) in [5, 5.41) is 3.28. The van der Waals surface area contributed by atoms with Gasteiger partial charge in [0.25, 0.3) is 0 Å². The van der Waals surface area contributed by atoms with Gasteiger partial charge in [0.1, 0.15) is 0 Å². The second-order valence-corrected chi connectivity index (χ2v) is 5.74. The lowest BCUT2D eigenvalue weighted by atomic mass is 9.91. The normalized spacial score (nSPS) is 18.5. The van der Waals surface area contributed by atoms with Crippen LogP contribution >= 0.6 is 0 Å². The molecule has 0 spiro atoms. The van der Waals surface area contributed by atoms with E-state index in [1.807, 2.05) is 13.8 Å². The Morgan fingerprint density at radius 2 is 1.65 bits per heavy atom. The fraction of sp³-hybridized carbons (Fsp3) is 0.625. The lowest BCUT2D eigenvalue weighted by Crippen LogP contribution is -2.45. The number of halogens is 2. The molecular weight excluding hydrogens is 258 g/mol. The molecule has 1 N–H and O–H groups in total. The largest absolute Gasteiger partial charge is 0.314 e. The maximum absolute atomic E-state index is 13.0. The third-order valence-electron chi connectivity index (χ3n) is 4.07. The zero-order valence-corrected chi connectivity index (χ0v) is 12.5. The molecule has 1 atom stereocenters. The van der Waals surface area contributed by atoms with E-state index in [1.54, 1.807) is 0 Å². The van der Waals surface area contributed by atoms with Crippen LogP contribution in [0.25, 0.3) is 0 Å². The molecule has 2 nitrogen and oxygen atoms in total. The first-order valence-electron chi connectivity index (χ1n) is 7.29. The van der Waals surface area contributed by atoms with Gasteiger partial charge in [-0.2, -0.15) is 0 Å². The maximum Gasteiger partial charge on any atom is 0.240 e. The topological polar surface area (TPSA) is 15.3 Å². The molecule has 20 heavy (non-hydrogen) atoms. The van der Waals surface area contributed by atoms with Crippen molar-refractivity contribution in [2.75, 3.05) is 26.2 Å². The van der Waals surface area contributed by atoms with E-state index in [0.29, 0.717) is 0 Å². The van der Waals surface area contributed by atoms with Crippen LogP contribution in [0.15, 0.2) is 12.1 Å².